The van der Waals surface area contributed by atoms with Crippen LogP contribution in [0.1, 0.15) is 68.8 Å². The molecule has 5 rings (SSSR count). The minimum absolute atomic E-state index is 0.129. The van der Waals surface area contributed by atoms with Crippen molar-refractivity contribution in [3.05, 3.63) is 59.4 Å². The molecule has 2 aliphatic carbocycles. The largest absolute Gasteiger partial charge is 0.335 e. The molecule has 2 aromatic heterocycles. The van der Waals surface area contributed by atoms with E-state index in [2.05, 4.69) is 28.8 Å². The van der Waals surface area contributed by atoms with Gasteiger partial charge in [0.05, 0.1) is 11.8 Å². The zero-order valence-electron chi connectivity index (χ0n) is 20.2. The minimum atomic E-state index is 0.129. The number of pyridine rings is 1. The number of benzene rings is 1. The molecule has 34 heavy (non-hydrogen) atoms. The van der Waals surface area contributed by atoms with Crippen molar-refractivity contribution in [2.24, 2.45) is 17.6 Å². The Morgan fingerprint density at radius 1 is 1.09 bits per heavy atom. The molecule has 0 atom stereocenters. The zero-order chi connectivity index (χ0) is 24.1. The predicted molar refractivity (Wildman–Crippen MR) is 138 cm³/mol. The van der Waals surface area contributed by atoms with Crippen LogP contribution >= 0.6 is 11.6 Å². The first-order chi connectivity index (χ1) is 16.5. The summed E-state index contributed by atoms with van der Waals surface area (Å²) in [5.41, 5.74) is 7.38. The molecule has 2 N–H and O–H groups in total. The Morgan fingerprint density at radius 2 is 1.76 bits per heavy atom. The molecule has 7 heteroatoms. The van der Waals surface area contributed by atoms with Gasteiger partial charge < -0.3 is 10.6 Å². The third kappa shape index (κ3) is 6.16. The molecule has 1 amide bonds. The van der Waals surface area contributed by atoms with E-state index in [1.165, 1.54) is 12.8 Å². The molecule has 0 unspecified atom stereocenters. The van der Waals surface area contributed by atoms with E-state index in [9.17, 15) is 4.79 Å². The smallest absolute Gasteiger partial charge is 0.255 e. The van der Waals surface area contributed by atoms with Gasteiger partial charge in [-0.2, -0.15) is 5.10 Å². The molecule has 0 aliphatic heterocycles. The lowest BCUT2D eigenvalue weighted by atomic mass is 9.85. The summed E-state index contributed by atoms with van der Waals surface area (Å²) >= 11 is 5.54. The Bertz CT molecular complexity index is 1070. The summed E-state index contributed by atoms with van der Waals surface area (Å²) in [4.78, 5) is 20.1. The quantitative estimate of drug-likeness (QED) is 0.488. The third-order valence-corrected chi connectivity index (χ3v) is 7.16. The topological polar surface area (TPSA) is 77.0 Å². The maximum absolute atomic E-state index is 13.4. The number of carbonyl (C=O) groups is 1. The highest BCUT2D eigenvalue weighted by molar-refractivity contribution is 6.30. The van der Waals surface area contributed by atoms with Crippen molar-refractivity contribution in [3.8, 4) is 0 Å². The number of nitrogens with two attached hydrogens (primary N) is 1. The Hall–Kier alpha value is -2.44. The van der Waals surface area contributed by atoms with E-state index >= 15 is 0 Å². The number of halogens is 1. The van der Waals surface area contributed by atoms with E-state index < -0.39 is 0 Å². The van der Waals surface area contributed by atoms with Crippen molar-refractivity contribution in [2.45, 2.75) is 64.5 Å². The van der Waals surface area contributed by atoms with Crippen LogP contribution in [0, 0.1) is 11.8 Å². The van der Waals surface area contributed by atoms with Crippen LogP contribution in [0.4, 0.5) is 0 Å². The third-order valence-electron chi connectivity index (χ3n) is 6.91. The molecule has 0 spiro atoms. The van der Waals surface area contributed by atoms with Crippen LogP contribution in [0.25, 0.3) is 11.0 Å². The summed E-state index contributed by atoms with van der Waals surface area (Å²) in [5, 5.41) is 6.16. The molecule has 0 radical (unpaired) electrons. The van der Waals surface area contributed by atoms with Crippen LogP contribution in [0.5, 0.6) is 0 Å². The number of fused-ring (bicyclic) bond motifs is 1. The predicted octanol–water partition coefficient (Wildman–Crippen LogP) is 5.72. The van der Waals surface area contributed by atoms with Crippen molar-refractivity contribution in [3.63, 3.8) is 0 Å². The lowest BCUT2D eigenvalue weighted by Crippen LogP contribution is -2.44. The highest BCUT2D eigenvalue weighted by Crippen LogP contribution is 2.34. The van der Waals surface area contributed by atoms with E-state index in [-0.39, 0.29) is 11.9 Å². The van der Waals surface area contributed by atoms with Crippen LogP contribution in [0.15, 0.2) is 48.8 Å². The van der Waals surface area contributed by atoms with Gasteiger partial charge in [0.25, 0.3) is 5.91 Å². The van der Waals surface area contributed by atoms with Gasteiger partial charge in [0.15, 0.2) is 5.65 Å². The second kappa shape index (κ2) is 11.3. The van der Waals surface area contributed by atoms with E-state index in [0.717, 1.165) is 54.8 Å². The number of carbonyl (C=O) groups excluding carboxylic acids is 1. The van der Waals surface area contributed by atoms with Gasteiger partial charge >= 0.3 is 0 Å². The Morgan fingerprint density at radius 3 is 2.32 bits per heavy atom. The van der Waals surface area contributed by atoms with Crippen LogP contribution in [-0.2, 0) is 0 Å². The average molecular weight is 482 g/mol. The second-order valence-corrected chi connectivity index (χ2v) is 10.4. The number of hydrogen-bond acceptors (Lipinski definition) is 4. The number of amides is 1. The standard InChI is InChI=1S/C21H31N5O.C6H5Cl/c1-14(2)26-20-17(12-24-26)9-18(11-23-20)21(27)25(13-16-3-4-16)19-7-5-15(10-22)6-8-19;7-6-4-2-1-3-5-6/h9,11-12,14-16,19H,3-8,10,13,22H2,1-2H3;1-5H. The van der Waals surface area contributed by atoms with E-state index in [4.69, 9.17) is 17.3 Å². The minimum Gasteiger partial charge on any atom is -0.335 e. The zero-order valence-corrected chi connectivity index (χ0v) is 21.0. The SMILES string of the molecule is CC(C)n1ncc2cc(C(=O)N(CC3CC3)C3CCC(CN)CC3)cnc21.Clc1ccccc1. The van der Waals surface area contributed by atoms with Crippen LogP contribution in [0.2, 0.25) is 5.02 Å². The van der Waals surface area contributed by atoms with Gasteiger partial charge in [-0.1, -0.05) is 29.8 Å². The van der Waals surface area contributed by atoms with Crippen molar-refractivity contribution in [2.75, 3.05) is 13.1 Å². The van der Waals surface area contributed by atoms with Gasteiger partial charge in [-0.15, -0.1) is 0 Å². The van der Waals surface area contributed by atoms with Gasteiger partial charge in [-0.25, -0.2) is 9.67 Å². The molecule has 2 aliphatic rings. The maximum Gasteiger partial charge on any atom is 0.255 e. The maximum atomic E-state index is 13.4. The Balaban J connectivity index is 0.000000336. The van der Waals surface area contributed by atoms with Gasteiger partial charge in [-0.05, 0) is 89.0 Å². The fraction of sp³-hybridized carbons (Fsp3) is 0.519. The van der Waals surface area contributed by atoms with Gasteiger partial charge in [0, 0.05) is 35.2 Å². The molecule has 2 fully saturated rings. The number of aromatic nitrogens is 3. The van der Waals surface area contributed by atoms with Crippen molar-refractivity contribution in [1.29, 1.82) is 0 Å². The molecule has 0 bridgehead atoms. The summed E-state index contributed by atoms with van der Waals surface area (Å²) in [6.07, 6.45) is 10.5. The van der Waals surface area contributed by atoms with Gasteiger partial charge in [0.1, 0.15) is 0 Å². The average Bonchev–Trinajstić information content (AvgIpc) is 3.58. The van der Waals surface area contributed by atoms with E-state index in [1.54, 1.807) is 6.20 Å². The van der Waals surface area contributed by atoms with Gasteiger partial charge in [-0.3, -0.25) is 4.79 Å². The highest BCUT2D eigenvalue weighted by atomic mass is 35.5. The second-order valence-electron chi connectivity index (χ2n) is 9.93. The molecule has 182 valence electrons. The Kier molecular flexibility index (Phi) is 8.22. The molecule has 2 heterocycles. The molecule has 6 nitrogen and oxygen atoms in total. The summed E-state index contributed by atoms with van der Waals surface area (Å²) in [5.74, 6) is 1.44. The first-order valence-electron chi connectivity index (χ1n) is 12.5. The van der Waals surface area contributed by atoms with Crippen LogP contribution < -0.4 is 5.73 Å². The highest BCUT2D eigenvalue weighted by Gasteiger charge is 2.34. The molecule has 3 aromatic rings. The van der Waals surface area contributed by atoms with Crippen LogP contribution in [-0.4, -0.2) is 44.7 Å². The molecule has 0 saturated heterocycles. The normalized spacial score (nSPS) is 20.1. The fourth-order valence-corrected chi connectivity index (χ4v) is 4.83. The summed E-state index contributed by atoms with van der Waals surface area (Å²) in [6.45, 7) is 5.83. The first kappa shape index (κ1) is 24.7. The fourth-order valence-electron chi connectivity index (χ4n) is 4.68. The molecular formula is C27H36ClN5O. The Labute approximate surface area is 207 Å². The van der Waals surface area contributed by atoms with E-state index in [0.29, 0.717) is 23.4 Å². The summed E-state index contributed by atoms with van der Waals surface area (Å²) in [6, 6.07) is 12.0. The number of rotatable bonds is 6. The number of nitrogens with zero attached hydrogens (tertiary/aromatic N) is 4. The number of hydrogen-bond donors (Lipinski definition) is 1. The van der Waals surface area contributed by atoms with E-state index in [1.807, 2.05) is 47.3 Å². The van der Waals surface area contributed by atoms with Crippen molar-refractivity contribution >= 4 is 28.5 Å². The molecule has 1 aromatic carbocycles. The van der Waals surface area contributed by atoms with Crippen molar-refractivity contribution in [1.82, 2.24) is 19.7 Å². The first-order valence-corrected chi connectivity index (χ1v) is 12.9. The summed E-state index contributed by atoms with van der Waals surface area (Å²) < 4.78 is 1.90. The summed E-state index contributed by atoms with van der Waals surface area (Å²) in [7, 11) is 0. The monoisotopic (exact) mass is 481 g/mol. The lowest BCUT2D eigenvalue weighted by Gasteiger charge is -2.37. The lowest BCUT2D eigenvalue weighted by molar-refractivity contribution is 0.0599. The molecule has 2 saturated carbocycles. The molecular weight excluding hydrogens is 446 g/mol. The van der Waals surface area contributed by atoms with Crippen LogP contribution in [0.3, 0.4) is 0 Å². The van der Waals surface area contributed by atoms with Crippen molar-refractivity contribution < 1.29 is 4.79 Å². The van der Waals surface area contributed by atoms with Gasteiger partial charge in [0.2, 0.25) is 0 Å².